The van der Waals surface area contributed by atoms with Crippen LogP contribution in [-0.4, -0.2) is 10.9 Å². The maximum absolute atomic E-state index is 11.9. The largest absolute Gasteiger partial charge is 0.397 e. The highest BCUT2D eigenvalue weighted by Crippen LogP contribution is 2.20. The molecule has 1 amide bonds. The summed E-state index contributed by atoms with van der Waals surface area (Å²) in [5.74, 6) is -0.168. The SMILES string of the molecule is Cc1cc(CNC(=O)c2ccncc2N)sc1C. The zero-order valence-corrected chi connectivity index (χ0v) is 11.2. The highest BCUT2D eigenvalue weighted by Gasteiger charge is 2.09. The van der Waals surface area contributed by atoms with Crippen LogP contribution in [0.2, 0.25) is 0 Å². The quantitative estimate of drug-likeness (QED) is 0.890. The van der Waals surface area contributed by atoms with Gasteiger partial charge in [-0.3, -0.25) is 9.78 Å². The number of hydrogen-bond donors (Lipinski definition) is 2. The monoisotopic (exact) mass is 261 g/mol. The Kier molecular flexibility index (Phi) is 3.62. The molecule has 0 bridgehead atoms. The number of nitrogens with zero attached hydrogens (tertiary/aromatic N) is 1. The van der Waals surface area contributed by atoms with E-state index < -0.39 is 0 Å². The van der Waals surface area contributed by atoms with Crippen LogP contribution in [0.4, 0.5) is 5.69 Å². The summed E-state index contributed by atoms with van der Waals surface area (Å²) in [4.78, 5) is 18.2. The first kappa shape index (κ1) is 12.6. The number of aromatic nitrogens is 1. The molecule has 2 heterocycles. The van der Waals surface area contributed by atoms with Gasteiger partial charge in [0, 0.05) is 16.0 Å². The number of rotatable bonds is 3. The molecule has 5 heteroatoms. The number of carbonyl (C=O) groups excluding carboxylic acids is 1. The Balaban J connectivity index is 2.03. The predicted molar refractivity (Wildman–Crippen MR) is 73.6 cm³/mol. The third-order valence-corrected chi connectivity index (χ3v) is 3.89. The summed E-state index contributed by atoms with van der Waals surface area (Å²) in [6, 6.07) is 3.71. The van der Waals surface area contributed by atoms with Gasteiger partial charge in [0.2, 0.25) is 0 Å². The molecule has 2 rings (SSSR count). The molecule has 2 aromatic heterocycles. The summed E-state index contributed by atoms with van der Waals surface area (Å²) in [6.07, 6.45) is 3.04. The second-order valence-corrected chi connectivity index (χ2v) is 5.44. The van der Waals surface area contributed by atoms with Crippen LogP contribution >= 0.6 is 11.3 Å². The van der Waals surface area contributed by atoms with Crippen molar-refractivity contribution in [1.29, 1.82) is 0 Å². The lowest BCUT2D eigenvalue weighted by molar-refractivity contribution is 0.0952. The van der Waals surface area contributed by atoms with Crippen molar-refractivity contribution in [2.45, 2.75) is 20.4 Å². The van der Waals surface area contributed by atoms with Gasteiger partial charge in [-0.15, -0.1) is 11.3 Å². The average Bonchev–Trinajstić information content (AvgIpc) is 2.66. The number of hydrogen-bond acceptors (Lipinski definition) is 4. The van der Waals surface area contributed by atoms with Crippen LogP contribution in [-0.2, 0) is 6.54 Å². The molecule has 4 nitrogen and oxygen atoms in total. The third kappa shape index (κ3) is 2.68. The lowest BCUT2D eigenvalue weighted by Crippen LogP contribution is -2.23. The maximum atomic E-state index is 11.9. The van der Waals surface area contributed by atoms with E-state index in [1.165, 1.54) is 16.6 Å². The maximum Gasteiger partial charge on any atom is 0.253 e. The van der Waals surface area contributed by atoms with Crippen molar-refractivity contribution in [3.05, 3.63) is 45.4 Å². The molecule has 0 unspecified atom stereocenters. The fraction of sp³-hybridized carbons (Fsp3) is 0.231. The standard InChI is InChI=1S/C13H15N3OS/c1-8-5-10(18-9(8)2)6-16-13(17)11-3-4-15-7-12(11)14/h3-5,7H,6,14H2,1-2H3,(H,16,17). The molecule has 0 atom stereocenters. The van der Waals surface area contributed by atoms with E-state index in [1.54, 1.807) is 23.6 Å². The minimum atomic E-state index is -0.168. The second kappa shape index (κ2) is 5.18. The van der Waals surface area contributed by atoms with Crippen LogP contribution in [0.3, 0.4) is 0 Å². The van der Waals surface area contributed by atoms with Crippen LogP contribution < -0.4 is 11.1 Å². The van der Waals surface area contributed by atoms with Crippen molar-refractivity contribution >= 4 is 22.9 Å². The zero-order valence-electron chi connectivity index (χ0n) is 10.4. The molecular formula is C13H15N3OS. The Morgan fingerprint density at radius 2 is 2.28 bits per heavy atom. The van der Waals surface area contributed by atoms with Crippen LogP contribution in [0, 0.1) is 13.8 Å². The highest BCUT2D eigenvalue weighted by molar-refractivity contribution is 7.12. The van der Waals surface area contributed by atoms with E-state index in [-0.39, 0.29) is 5.91 Å². The number of anilines is 1. The van der Waals surface area contributed by atoms with Crippen molar-refractivity contribution in [1.82, 2.24) is 10.3 Å². The molecule has 0 aliphatic carbocycles. The molecule has 0 spiro atoms. The fourth-order valence-electron chi connectivity index (χ4n) is 1.61. The summed E-state index contributed by atoms with van der Waals surface area (Å²) >= 11 is 1.70. The Morgan fingerprint density at radius 1 is 1.50 bits per heavy atom. The van der Waals surface area contributed by atoms with Gasteiger partial charge >= 0.3 is 0 Å². The van der Waals surface area contributed by atoms with E-state index in [9.17, 15) is 4.79 Å². The summed E-state index contributed by atoms with van der Waals surface area (Å²) in [5.41, 5.74) is 7.82. The molecule has 0 saturated heterocycles. The summed E-state index contributed by atoms with van der Waals surface area (Å²) in [5, 5.41) is 2.86. The molecule has 18 heavy (non-hydrogen) atoms. The normalized spacial score (nSPS) is 10.3. The molecule has 0 aromatic carbocycles. The van der Waals surface area contributed by atoms with Crippen LogP contribution in [0.5, 0.6) is 0 Å². The molecule has 0 aliphatic heterocycles. The minimum Gasteiger partial charge on any atom is -0.397 e. The third-order valence-electron chi connectivity index (χ3n) is 2.74. The molecule has 0 aliphatic rings. The average molecular weight is 261 g/mol. The van der Waals surface area contributed by atoms with E-state index in [0.717, 1.165) is 4.88 Å². The second-order valence-electron chi connectivity index (χ2n) is 4.10. The van der Waals surface area contributed by atoms with Gasteiger partial charge in [-0.2, -0.15) is 0 Å². The Labute approximate surface area is 110 Å². The number of nitrogen functional groups attached to an aromatic ring is 1. The smallest absolute Gasteiger partial charge is 0.253 e. The van der Waals surface area contributed by atoms with Gasteiger partial charge in [0.1, 0.15) is 0 Å². The number of thiophene rings is 1. The Hall–Kier alpha value is -1.88. The van der Waals surface area contributed by atoms with Crippen LogP contribution in [0.15, 0.2) is 24.5 Å². The molecule has 0 fully saturated rings. The molecule has 0 radical (unpaired) electrons. The van der Waals surface area contributed by atoms with E-state index in [1.807, 2.05) is 0 Å². The topological polar surface area (TPSA) is 68.0 Å². The first-order valence-corrected chi connectivity index (χ1v) is 6.43. The first-order chi connectivity index (χ1) is 8.58. The van der Waals surface area contributed by atoms with Gasteiger partial charge in [0.05, 0.1) is 24.0 Å². The molecular weight excluding hydrogens is 246 g/mol. The van der Waals surface area contributed by atoms with Crippen molar-refractivity contribution in [3.8, 4) is 0 Å². The summed E-state index contributed by atoms with van der Waals surface area (Å²) in [6.45, 7) is 4.67. The van der Waals surface area contributed by atoms with E-state index >= 15 is 0 Å². The first-order valence-electron chi connectivity index (χ1n) is 5.61. The van der Waals surface area contributed by atoms with E-state index in [2.05, 4.69) is 30.2 Å². The molecule has 2 aromatic rings. The zero-order chi connectivity index (χ0) is 13.1. The lowest BCUT2D eigenvalue weighted by atomic mass is 10.2. The Bertz CT molecular complexity index is 558. The predicted octanol–water partition coefficient (Wildman–Crippen LogP) is 2.27. The molecule has 94 valence electrons. The van der Waals surface area contributed by atoms with Gasteiger partial charge in [-0.1, -0.05) is 0 Å². The van der Waals surface area contributed by atoms with Crippen molar-refractivity contribution in [3.63, 3.8) is 0 Å². The highest BCUT2D eigenvalue weighted by atomic mass is 32.1. The number of carbonyl (C=O) groups is 1. The number of nitrogens with two attached hydrogens (primary N) is 1. The van der Waals surface area contributed by atoms with Gasteiger partial charge in [-0.25, -0.2) is 0 Å². The van der Waals surface area contributed by atoms with Crippen LogP contribution in [0.25, 0.3) is 0 Å². The van der Waals surface area contributed by atoms with Gasteiger partial charge < -0.3 is 11.1 Å². The van der Waals surface area contributed by atoms with Gasteiger partial charge in [0.15, 0.2) is 0 Å². The number of amides is 1. The van der Waals surface area contributed by atoms with Crippen LogP contribution in [0.1, 0.15) is 25.7 Å². The summed E-state index contributed by atoms with van der Waals surface area (Å²) < 4.78 is 0. The van der Waals surface area contributed by atoms with Crippen molar-refractivity contribution in [2.75, 3.05) is 5.73 Å². The van der Waals surface area contributed by atoms with Crippen molar-refractivity contribution in [2.24, 2.45) is 0 Å². The number of pyridine rings is 1. The fourth-order valence-corrected chi connectivity index (χ4v) is 2.61. The van der Waals surface area contributed by atoms with Crippen molar-refractivity contribution < 1.29 is 4.79 Å². The Morgan fingerprint density at radius 3 is 2.89 bits per heavy atom. The molecule has 3 N–H and O–H groups in total. The lowest BCUT2D eigenvalue weighted by Gasteiger charge is -2.05. The van der Waals surface area contributed by atoms with E-state index in [4.69, 9.17) is 5.73 Å². The van der Waals surface area contributed by atoms with E-state index in [0.29, 0.717) is 17.8 Å². The van der Waals surface area contributed by atoms with Gasteiger partial charge in [0.25, 0.3) is 5.91 Å². The number of nitrogens with one attached hydrogen (secondary N) is 1. The summed E-state index contributed by atoms with van der Waals surface area (Å²) in [7, 11) is 0. The van der Waals surface area contributed by atoms with Gasteiger partial charge in [-0.05, 0) is 31.5 Å². The minimum absolute atomic E-state index is 0.168. The number of aryl methyl sites for hydroxylation is 2. The molecule has 0 saturated carbocycles.